The lowest BCUT2D eigenvalue weighted by Crippen LogP contribution is -2.39. The minimum atomic E-state index is -0.474. The third-order valence-corrected chi connectivity index (χ3v) is 2.88. The Balaban J connectivity index is 2.59. The van der Waals surface area contributed by atoms with Crippen molar-refractivity contribution in [3.05, 3.63) is 16.1 Å². The first-order valence-corrected chi connectivity index (χ1v) is 5.30. The molecule has 2 atom stereocenters. The Kier molecular flexibility index (Phi) is 3.60. The molecule has 1 aromatic rings. The van der Waals surface area contributed by atoms with E-state index in [1.807, 2.05) is 13.8 Å². The van der Waals surface area contributed by atoms with Gasteiger partial charge >= 0.3 is 0 Å². The lowest BCUT2D eigenvalue weighted by molar-refractivity contribution is -0.122. The number of carbonyl (C=O) groups excluding carboxylic acids is 1. The Hall–Kier alpha value is -0.940. The van der Waals surface area contributed by atoms with Crippen molar-refractivity contribution in [3.8, 4) is 0 Å². The molecule has 0 fully saturated rings. The first-order valence-electron chi connectivity index (χ1n) is 4.49. The second kappa shape index (κ2) is 4.52. The predicted molar refractivity (Wildman–Crippen MR) is 57.1 cm³/mol. The van der Waals surface area contributed by atoms with Crippen LogP contribution < -0.4 is 11.1 Å². The van der Waals surface area contributed by atoms with Crippen molar-refractivity contribution in [2.24, 2.45) is 5.73 Å². The van der Waals surface area contributed by atoms with Gasteiger partial charge < -0.3 is 11.1 Å². The largest absolute Gasteiger partial charge is 0.346 e. The molecule has 0 saturated carbocycles. The molecule has 4 nitrogen and oxygen atoms in total. The SMILES string of the molecule is Cc1cnc(C(C)NC(=O)C(C)N)s1. The fraction of sp³-hybridized carbons (Fsp3) is 0.556. The average Bonchev–Trinajstić information content (AvgIpc) is 2.51. The molecule has 14 heavy (non-hydrogen) atoms. The lowest BCUT2D eigenvalue weighted by Gasteiger charge is -2.12. The summed E-state index contributed by atoms with van der Waals surface area (Å²) in [5.74, 6) is -0.148. The van der Waals surface area contributed by atoms with Crippen LogP contribution in [0.5, 0.6) is 0 Å². The van der Waals surface area contributed by atoms with Crippen molar-refractivity contribution >= 4 is 17.2 Å². The van der Waals surface area contributed by atoms with Crippen LogP contribution in [0.4, 0.5) is 0 Å². The van der Waals surface area contributed by atoms with Crippen molar-refractivity contribution in [1.82, 2.24) is 10.3 Å². The van der Waals surface area contributed by atoms with E-state index in [9.17, 15) is 4.79 Å². The maximum absolute atomic E-state index is 11.3. The highest BCUT2D eigenvalue weighted by molar-refractivity contribution is 7.11. The van der Waals surface area contributed by atoms with Gasteiger partial charge in [0.15, 0.2) is 0 Å². The van der Waals surface area contributed by atoms with Crippen LogP contribution in [0.3, 0.4) is 0 Å². The van der Waals surface area contributed by atoms with Crippen LogP contribution in [0, 0.1) is 6.92 Å². The third kappa shape index (κ3) is 2.78. The maximum Gasteiger partial charge on any atom is 0.237 e. The smallest absolute Gasteiger partial charge is 0.237 e. The van der Waals surface area contributed by atoms with Crippen molar-refractivity contribution in [2.75, 3.05) is 0 Å². The molecule has 5 heteroatoms. The zero-order chi connectivity index (χ0) is 10.7. The van der Waals surface area contributed by atoms with Gasteiger partial charge in [-0.05, 0) is 20.8 Å². The molecular weight excluding hydrogens is 198 g/mol. The van der Waals surface area contributed by atoms with E-state index >= 15 is 0 Å². The van der Waals surface area contributed by atoms with Crippen LogP contribution in [0.1, 0.15) is 29.8 Å². The molecule has 1 aromatic heterocycles. The molecule has 3 N–H and O–H groups in total. The van der Waals surface area contributed by atoms with Gasteiger partial charge in [-0.2, -0.15) is 0 Å². The molecule has 0 aliphatic carbocycles. The summed E-state index contributed by atoms with van der Waals surface area (Å²) < 4.78 is 0. The van der Waals surface area contributed by atoms with E-state index in [0.717, 1.165) is 9.88 Å². The van der Waals surface area contributed by atoms with Gasteiger partial charge in [0.25, 0.3) is 0 Å². The van der Waals surface area contributed by atoms with Crippen LogP contribution in [0.15, 0.2) is 6.20 Å². The second-order valence-corrected chi connectivity index (χ2v) is 4.59. The molecule has 0 bridgehead atoms. The summed E-state index contributed by atoms with van der Waals surface area (Å²) in [6, 6.07) is -0.536. The molecule has 1 rings (SSSR count). The quantitative estimate of drug-likeness (QED) is 0.786. The van der Waals surface area contributed by atoms with E-state index in [1.54, 1.807) is 24.5 Å². The summed E-state index contributed by atoms with van der Waals surface area (Å²) in [5, 5.41) is 3.71. The summed E-state index contributed by atoms with van der Waals surface area (Å²) in [7, 11) is 0. The van der Waals surface area contributed by atoms with Gasteiger partial charge in [-0.3, -0.25) is 4.79 Å². The fourth-order valence-electron chi connectivity index (χ4n) is 0.979. The summed E-state index contributed by atoms with van der Waals surface area (Å²) in [5.41, 5.74) is 5.44. The van der Waals surface area contributed by atoms with Crippen LogP contribution in [-0.4, -0.2) is 16.9 Å². The fourth-order valence-corrected chi connectivity index (χ4v) is 1.76. The zero-order valence-corrected chi connectivity index (χ0v) is 9.39. The van der Waals surface area contributed by atoms with Crippen molar-refractivity contribution in [3.63, 3.8) is 0 Å². The molecule has 0 aliphatic rings. The Morgan fingerprint density at radius 2 is 2.29 bits per heavy atom. The number of aryl methyl sites for hydroxylation is 1. The van der Waals surface area contributed by atoms with E-state index in [2.05, 4.69) is 10.3 Å². The van der Waals surface area contributed by atoms with E-state index in [1.165, 1.54) is 0 Å². The van der Waals surface area contributed by atoms with Gasteiger partial charge in [0, 0.05) is 11.1 Å². The molecule has 0 saturated heterocycles. The molecule has 2 unspecified atom stereocenters. The van der Waals surface area contributed by atoms with E-state index < -0.39 is 6.04 Å². The summed E-state index contributed by atoms with van der Waals surface area (Å²) in [6.45, 7) is 5.55. The molecule has 0 spiro atoms. The molecule has 1 heterocycles. The third-order valence-electron chi connectivity index (χ3n) is 1.78. The number of amides is 1. The van der Waals surface area contributed by atoms with Gasteiger partial charge in [0.2, 0.25) is 5.91 Å². The maximum atomic E-state index is 11.3. The molecule has 0 radical (unpaired) electrons. The van der Waals surface area contributed by atoms with Crippen molar-refractivity contribution in [2.45, 2.75) is 32.9 Å². The van der Waals surface area contributed by atoms with E-state index in [-0.39, 0.29) is 11.9 Å². The number of hydrogen-bond donors (Lipinski definition) is 2. The number of thiazole rings is 1. The predicted octanol–water partition coefficient (Wildman–Crippen LogP) is 0.976. The Labute approximate surface area is 87.5 Å². The topological polar surface area (TPSA) is 68.0 Å². The standard InChI is InChI=1S/C9H15N3OS/c1-5-4-11-9(14-5)7(3)12-8(13)6(2)10/h4,6-7H,10H2,1-3H3,(H,12,13). The number of hydrogen-bond acceptors (Lipinski definition) is 4. The zero-order valence-electron chi connectivity index (χ0n) is 8.57. The highest BCUT2D eigenvalue weighted by Crippen LogP contribution is 2.18. The Morgan fingerprint density at radius 3 is 2.71 bits per heavy atom. The number of nitrogens with zero attached hydrogens (tertiary/aromatic N) is 1. The summed E-state index contributed by atoms with van der Waals surface area (Å²) in [6.07, 6.45) is 1.80. The molecular formula is C9H15N3OS. The number of nitrogens with two attached hydrogens (primary N) is 1. The normalized spacial score (nSPS) is 14.9. The van der Waals surface area contributed by atoms with Gasteiger partial charge in [0.1, 0.15) is 5.01 Å². The summed E-state index contributed by atoms with van der Waals surface area (Å²) in [4.78, 5) is 16.6. The highest BCUT2D eigenvalue weighted by Gasteiger charge is 2.14. The van der Waals surface area contributed by atoms with Crippen LogP contribution in [0.2, 0.25) is 0 Å². The minimum Gasteiger partial charge on any atom is -0.346 e. The van der Waals surface area contributed by atoms with Gasteiger partial charge in [0.05, 0.1) is 12.1 Å². The minimum absolute atomic E-state index is 0.0628. The number of rotatable bonds is 3. The number of nitrogens with one attached hydrogen (secondary N) is 1. The van der Waals surface area contributed by atoms with Gasteiger partial charge in [-0.25, -0.2) is 4.98 Å². The molecule has 0 aliphatic heterocycles. The average molecular weight is 213 g/mol. The Morgan fingerprint density at radius 1 is 1.64 bits per heavy atom. The van der Waals surface area contributed by atoms with Crippen LogP contribution in [0.25, 0.3) is 0 Å². The lowest BCUT2D eigenvalue weighted by atomic mass is 10.3. The van der Waals surface area contributed by atoms with E-state index in [4.69, 9.17) is 5.73 Å². The summed E-state index contributed by atoms with van der Waals surface area (Å²) >= 11 is 1.58. The van der Waals surface area contributed by atoms with Crippen molar-refractivity contribution < 1.29 is 4.79 Å². The molecule has 1 amide bonds. The second-order valence-electron chi connectivity index (χ2n) is 3.33. The molecule has 0 aromatic carbocycles. The monoisotopic (exact) mass is 213 g/mol. The first-order chi connectivity index (χ1) is 6.50. The van der Waals surface area contributed by atoms with E-state index in [0.29, 0.717) is 0 Å². The number of aromatic nitrogens is 1. The highest BCUT2D eigenvalue weighted by atomic mass is 32.1. The van der Waals surface area contributed by atoms with Crippen LogP contribution >= 0.6 is 11.3 Å². The Bertz CT molecular complexity index is 322. The van der Waals surface area contributed by atoms with Gasteiger partial charge in [-0.1, -0.05) is 0 Å². The van der Waals surface area contributed by atoms with Gasteiger partial charge in [-0.15, -0.1) is 11.3 Å². The van der Waals surface area contributed by atoms with Crippen molar-refractivity contribution in [1.29, 1.82) is 0 Å². The first kappa shape index (κ1) is 11.1. The number of carbonyl (C=O) groups is 1. The molecule has 78 valence electrons. The van der Waals surface area contributed by atoms with Crippen LogP contribution in [-0.2, 0) is 4.79 Å².